The SMILES string of the molecule is C[S+]([O-])c1ccc(/C=N/O)cc1. The lowest BCUT2D eigenvalue weighted by Gasteiger charge is -2.02. The first-order valence-corrected chi connectivity index (χ1v) is 4.91. The van der Waals surface area contributed by atoms with Gasteiger partial charge in [-0.25, -0.2) is 0 Å². The van der Waals surface area contributed by atoms with E-state index in [9.17, 15) is 4.55 Å². The zero-order valence-corrected chi connectivity index (χ0v) is 7.41. The summed E-state index contributed by atoms with van der Waals surface area (Å²) in [5, 5.41) is 11.1. The molecule has 0 amide bonds. The van der Waals surface area contributed by atoms with Gasteiger partial charge in [0.15, 0.2) is 4.90 Å². The molecule has 0 aromatic heterocycles. The molecule has 12 heavy (non-hydrogen) atoms. The zero-order chi connectivity index (χ0) is 8.97. The molecule has 1 aromatic carbocycles. The van der Waals surface area contributed by atoms with E-state index >= 15 is 0 Å². The molecule has 1 atom stereocenters. The highest BCUT2D eigenvalue weighted by molar-refractivity contribution is 7.90. The van der Waals surface area contributed by atoms with E-state index in [-0.39, 0.29) is 0 Å². The van der Waals surface area contributed by atoms with Gasteiger partial charge in [0.2, 0.25) is 0 Å². The summed E-state index contributed by atoms with van der Waals surface area (Å²) < 4.78 is 10.9. The Labute approximate surface area is 73.9 Å². The second kappa shape index (κ2) is 4.13. The summed E-state index contributed by atoms with van der Waals surface area (Å²) in [6, 6.07) is 6.98. The average molecular weight is 183 g/mol. The number of hydrogen-bond acceptors (Lipinski definition) is 3. The molecule has 3 nitrogen and oxygen atoms in total. The van der Waals surface area contributed by atoms with Gasteiger partial charge in [-0.3, -0.25) is 0 Å². The van der Waals surface area contributed by atoms with Crippen LogP contribution in [-0.2, 0) is 11.2 Å². The van der Waals surface area contributed by atoms with E-state index in [2.05, 4.69) is 5.16 Å². The summed E-state index contributed by atoms with van der Waals surface area (Å²) in [6.45, 7) is 0. The minimum absolute atomic E-state index is 0.769. The second-order valence-corrected chi connectivity index (χ2v) is 3.65. The predicted molar refractivity (Wildman–Crippen MR) is 48.2 cm³/mol. The zero-order valence-electron chi connectivity index (χ0n) is 6.60. The van der Waals surface area contributed by atoms with E-state index < -0.39 is 11.2 Å². The van der Waals surface area contributed by atoms with Crippen LogP contribution in [0, 0.1) is 0 Å². The van der Waals surface area contributed by atoms with Crippen LogP contribution >= 0.6 is 0 Å². The molecule has 0 aliphatic heterocycles. The van der Waals surface area contributed by atoms with Gasteiger partial charge in [0.25, 0.3) is 0 Å². The molecular formula is C8H9NO2S. The monoisotopic (exact) mass is 183 g/mol. The molecular weight excluding hydrogens is 174 g/mol. The maximum atomic E-state index is 10.9. The first-order chi connectivity index (χ1) is 5.74. The van der Waals surface area contributed by atoms with Crippen molar-refractivity contribution >= 4 is 17.4 Å². The maximum absolute atomic E-state index is 10.9. The van der Waals surface area contributed by atoms with Gasteiger partial charge in [0, 0.05) is 0 Å². The third kappa shape index (κ3) is 2.25. The fourth-order valence-electron chi connectivity index (χ4n) is 0.812. The topological polar surface area (TPSA) is 55.7 Å². The van der Waals surface area contributed by atoms with E-state index in [1.807, 2.05) is 0 Å². The molecule has 1 rings (SSSR count). The van der Waals surface area contributed by atoms with Crippen LogP contribution in [0.5, 0.6) is 0 Å². The van der Waals surface area contributed by atoms with Crippen molar-refractivity contribution in [2.45, 2.75) is 4.90 Å². The minimum atomic E-state index is -0.948. The van der Waals surface area contributed by atoms with Gasteiger partial charge in [-0.1, -0.05) is 5.16 Å². The number of oxime groups is 1. The highest BCUT2D eigenvalue weighted by Crippen LogP contribution is 2.08. The Morgan fingerprint density at radius 1 is 1.42 bits per heavy atom. The molecule has 0 aliphatic rings. The largest absolute Gasteiger partial charge is 0.612 e. The summed E-state index contributed by atoms with van der Waals surface area (Å²) in [5.41, 5.74) is 0.784. The Balaban J connectivity index is 2.85. The molecule has 0 saturated carbocycles. The standard InChI is InChI=1S/C8H9NO2S/c1-12(11)8-4-2-7(3-5-8)6-9-10/h2-6,10H,1H3/b9-6+. The Kier molecular flexibility index (Phi) is 3.13. The highest BCUT2D eigenvalue weighted by Gasteiger charge is 2.01. The van der Waals surface area contributed by atoms with Crippen LogP contribution in [0.1, 0.15) is 5.56 Å². The summed E-state index contributed by atoms with van der Waals surface area (Å²) in [7, 11) is 0. The lowest BCUT2D eigenvalue weighted by atomic mass is 10.2. The summed E-state index contributed by atoms with van der Waals surface area (Å²) in [6.07, 6.45) is 2.94. The van der Waals surface area contributed by atoms with Crippen molar-refractivity contribution in [2.24, 2.45) is 5.16 Å². The molecule has 1 N–H and O–H groups in total. The van der Waals surface area contributed by atoms with Crippen molar-refractivity contribution in [3.63, 3.8) is 0 Å². The molecule has 0 fully saturated rings. The van der Waals surface area contributed by atoms with Crippen LogP contribution in [0.25, 0.3) is 0 Å². The van der Waals surface area contributed by atoms with Gasteiger partial charge in [-0.2, -0.15) is 0 Å². The average Bonchev–Trinajstić information content (AvgIpc) is 2.06. The van der Waals surface area contributed by atoms with Crippen molar-refractivity contribution < 1.29 is 9.76 Å². The molecule has 0 radical (unpaired) electrons. The third-order valence-corrected chi connectivity index (χ3v) is 2.35. The maximum Gasteiger partial charge on any atom is 0.152 e. The lowest BCUT2D eigenvalue weighted by molar-refractivity contribution is 0.322. The number of hydrogen-bond donors (Lipinski definition) is 1. The van der Waals surface area contributed by atoms with Crippen LogP contribution in [-0.4, -0.2) is 22.2 Å². The van der Waals surface area contributed by atoms with Gasteiger partial charge in [0.1, 0.15) is 6.26 Å². The second-order valence-electron chi connectivity index (χ2n) is 2.27. The first kappa shape index (κ1) is 9.09. The van der Waals surface area contributed by atoms with Gasteiger partial charge >= 0.3 is 0 Å². The Morgan fingerprint density at radius 3 is 2.42 bits per heavy atom. The number of rotatable bonds is 2. The number of nitrogens with zero attached hydrogens (tertiary/aromatic N) is 1. The Morgan fingerprint density at radius 2 is 2.00 bits per heavy atom. The van der Waals surface area contributed by atoms with Crippen LogP contribution in [0.3, 0.4) is 0 Å². The first-order valence-electron chi connectivity index (χ1n) is 3.35. The van der Waals surface area contributed by atoms with Gasteiger partial charge in [-0.15, -0.1) is 0 Å². The van der Waals surface area contributed by atoms with Crippen LogP contribution in [0.2, 0.25) is 0 Å². The molecule has 1 aromatic rings. The van der Waals surface area contributed by atoms with Crippen molar-refractivity contribution in [1.29, 1.82) is 0 Å². The quantitative estimate of drug-likeness (QED) is 0.324. The van der Waals surface area contributed by atoms with Crippen molar-refractivity contribution in [2.75, 3.05) is 6.26 Å². The van der Waals surface area contributed by atoms with Crippen LogP contribution in [0.15, 0.2) is 34.3 Å². The van der Waals surface area contributed by atoms with Crippen LogP contribution in [0.4, 0.5) is 0 Å². The normalized spacial score (nSPS) is 13.5. The highest BCUT2D eigenvalue weighted by atomic mass is 32.2. The number of benzene rings is 1. The summed E-state index contributed by atoms with van der Waals surface area (Å²) in [5.74, 6) is 0. The molecule has 0 saturated heterocycles. The van der Waals surface area contributed by atoms with Gasteiger partial charge in [0.05, 0.1) is 6.21 Å². The molecule has 0 aliphatic carbocycles. The molecule has 4 heteroatoms. The fourth-order valence-corrected chi connectivity index (χ4v) is 1.33. The molecule has 1 unspecified atom stereocenters. The molecule has 0 spiro atoms. The van der Waals surface area contributed by atoms with Crippen molar-refractivity contribution in [3.8, 4) is 0 Å². The predicted octanol–water partition coefficient (Wildman–Crippen LogP) is 1.23. The smallest absolute Gasteiger partial charge is 0.152 e. The summed E-state index contributed by atoms with van der Waals surface area (Å²) >= 11 is -0.948. The Hall–Kier alpha value is -1.00. The van der Waals surface area contributed by atoms with E-state index in [1.165, 1.54) is 6.21 Å². The van der Waals surface area contributed by atoms with E-state index in [1.54, 1.807) is 30.5 Å². The van der Waals surface area contributed by atoms with Crippen molar-refractivity contribution in [3.05, 3.63) is 29.8 Å². The minimum Gasteiger partial charge on any atom is -0.612 e. The van der Waals surface area contributed by atoms with E-state index in [0.29, 0.717) is 0 Å². The summed E-state index contributed by atoms with van der Waals surface area (Å²) in [4.78, 5) is 0.769. The van der Waals surface area contributed by atoms with E-state index in [0.717, 1.165) is 10.5 Å². The molecule has 0 bridgehead atoms. The lowest BCUT2D eigenvalue weighted by Crippen LogP contribution is -1.96. The molecule has 64 valence electrons. The van der Waals surface area contributed by atoms with Crippen LogP contribution < -0.4 is 0 Å². The van der Waals surface area contributed by atoms with E-state index in [4.69, 9.17) is 5.21 Å². The van der Waals surface area contributed by atoms with Gasteiger partial charge < -0.3 is 9.76 Å². The van der Waals surface area contributed by atoms with Crippen molar-refractivity contribution in [1.82, 2.24) is 0 Å². The Bertz CT molecular complexity index is 269. The van der Waals surface area contributed by atoms with Gasteiger partial charge in [-0.05, 0) is 41.0 Å². The third-order valence-electron chi connectivity index (χ3n) is 1.42. The molecule has 0 heterocycles. The fraction of sp³-hybridized carbons (Fsp3) is 0.125.